The third-order valence-corrected chi connectivity index (χ3v) is 6.66. The van der Waals surface area contributed by atoms with Crippen LogP contribution >= 0.6 is 15.9 Å². The van der Waals surface area contributed by atoms with Crippen molar-refractivity contribution in [1.29, 1.82) is 0 Å². The molecule has 6 heteroatoms. The third kappa shape index (κ3) is 6.84. The fourth-order valence-electron chi connectivity index (χ4n) is 4.41. The van der Waals surface area contributed by atoms with Gasteiger partial charge >= 0.3 is 6.03 Å². The molecule has 5 nitrogen and oxygen atoms in total. The van der Waals surface area contributed by atoms with Crippen LogP contribution in [0.3, 0.4) is 0 Å². The highest BCUT2D eigenvalue weighted by molar-refractivity contribution is 9.10. The van der Waals surface area contributed by atoms with E-state index in [4.69, 9.17) is 4.74 Å². The number of carbonyl (C=O) groups excluding carboxylic acids is 1. The predicted octanol–water partition coefficient (Wildman–Crippen LogP) is 6.55. The summed E-state index contributed by atoms with van der Waals surface area (Å²) in [5.74, 6) is 0.852. The van der Waals surface area contributed by atoms with Gasteiger partial charge in [0.05, 0.1) is 6.61 Å². The van der Waals surface area contributed by atoms with Gasteiger partial charge in [-0.3, -0.25) is 4.90 Å². The van der Waals surface area contributed by atoms with Crippen LogP contribution in [0.1, 0.15) is 30.9 Å². The smallest absolute Gasteiger partial charge is 0.322 e. The van der Waals surface area contributed by atoms with Crippen molar-refractivity contribution < 1.29 is 9.53 Å². The molecule has 0 aromatic heterocycles. The van der Waals surface area contributed by atoms with E-state index in [0.29, 0.717) is 13.2 Å². The molecule has 178 valence electrons. The van der Waals surface area contributed by atoms with Crippen LogP contribution < -0.4 is 10.1 Å². The Labute approximate surface area is 210 Å². The second-order valence-corrected chi connectivity index (χ2v) is 9.55. The number of ether oxygens (including phenoxy) is 1. The summed E-state index contributed by atoms with van der Waals surface area (Å²) in [6, 6.07) is 26.5. The number of carbonyl (C=O) groups is 1. The van der Waals surface area contributed by atoms with E-state index in [2.05, 4.69) is 68.6 Å². The van der Waals surface area contributed by atoms with E-state index >= 15 is 0 Å². The van der Waals surface area contributed by atoms with Crippen LogP contribution in [0.4, 0.5) is 10.5 Å². The maximum atomic E-state index is 13.4. The van der Waals surface area contributed by atoms with Crippen molar-refractivity contribution >= 4 is 27.6 Å². The Kier molecular flexibility index (Phi) is 8.61. The molecule has 0 saturated carbocycles. The number of rotatable bonds is 8. The highest BCUT2D eigenvalue weighted by Gasteiger charge is 2.28. The van der Waals surface area contributed by atoms with Gasteiger partial charge in [-0.15, -0.1) is 0 Å². The first-order valence-corrected chi connectivity index (χ1v) is 12.7. The van der Waals surface area contributed by atoms with Crippen LogP contribution in [0, 0.1) is 0 Å². The van der Waals surface area contributed by atoms with Gasteiger partial charge in [0.2, 0.25) is 0 Å². The number of amides is 2. The molecule has 34 heavy (non-hydrogen) atoms. The zero-order valence-corrected chi connectivity index (χ0v) is 21.2. The Morgan fingerprint density at radius 1 is 1.00 bits per heavy atom. The zero-order chi connectivity index (χ0) is 23.8. The minimum atomic E-state index is -0.0616. The Bertz CT molecular complexity index is 1050. The molecule has 0 bridgehead atoms. The number of halogens is 1. The number of nitrogens with zero attached hydrogens (tertiary/aromatic N) is 2. The van der Waals surface area contributed by atoms with Crippen LogP contribution in [-0.2, 0) is 13.1 Å². The number of hydrogen-bond acceptors (Lipinski definition) is 3. The number of urea groups is 1. The summed E-state index contributed by atoms with van der Waals surface area (Å²) in [5, 5.41) is 3.10. The largest absolute Gasteiger partial charge is 0.494 e. The van der Waals surface area contributed by atoms with Crippen LogP contribution in [-0.4, -0.2) is 41.6 Å². The lowest BCUT2D eigenvalue weighted by molar-refractivity contribution is 0.120. The van der Waals surface area contributed by atoms with Crippen LogP contribution in [0.2, 0.25) is 0 Å². The summed E-state index contributed by atoms with van der Waals surface area (Å²) in [7, 11) is 0. The minimum Gasteiger partial charge on any atom is -0.494 e. The molecule has 1 N–H and O–H groups in total. The van der Waals surface area contributed by atoms with Crippen molar-refractivity contribution in [3.63, 3.8) is 0 Å². The lowest BCUT2D eigenvalue weighted by atomic mass is 10.0. The number of likely N-dealkylation sites (tertiary alicyclic amines) is 1. The normalized spacial score (nSPS) is 14.5. The van der Waals surface area contributed by atoms with Gasteiger partial charge in [-0.2, -0.15) is 0 Å². The molecule has 3 aromatic carbocycles. The van der Waals surface area contributed by atoms with E-state index in [-0.39, 0.29) is 12.1 Å². The minimum absolute atomic E-state index is 0.0616. The zero-order valence-electron chi connectivity index (χ0n) is 19.6. The van der Waals surface area contributed by atoms with E-state index in [1.807, 2.05) is 48.2 Å². The van der Waals surface area contributed by atoms with Crippen molar-refractivity contribution in [3.8, 4) is 5.75 Å². The second kappa shape index (κ2) is 12.0. The molecule has 2 amide bonds. The number of benzene rings is 3. The summed E-state index contributed by atoms with van der Waals surface area (Å²) in [4.78, 5) is 17.9. The summed E-state index contributed by atoms with van der Waals surface area (Å²) in [5.41, 5.74) is 3.22. The maximum absolute atomic E-state index is 13.4. The topological polar surface area (TPSA) is 44.8 Å². The Morgan fingerprint density at radius 3 is 2.41 bits per heavy atom. The molecule has 1 aliphatic rings. The average Bonchev–Trinajstić information content (AvgIpc) is 2.85. The van der Waals surface area contributed by atoms with Crippen LogP contribution in [0.5, 0.6) is 5.75 Å². The van der Waals surface area contributed by atoms with E-state index < -0.39 is 0 Å². The molecule has 1 heterocycles. The number of anilines is 1. The molecular weight excluding hydrogens is 490 g/mol. The maximum Gasteiger partial charge on any atom is 0.322 e. The fourth-order valence-corrected chi connectivity index (χ4v) is 4.81. The number of nitrogens with one attached hydrogen (secondary N) is 1. The van der Waals surface area contributed by atoms with Crippen LogP contribution in [0.25, 0.3) is 0 Å². The van der Waals surface area contributed by atoms with Gasteiger partial charge in [-0.25, -0.2) is 4.79 Å². The molecule has 3 aromatic rings. The molecule has 0 atom stereocenters. The molecule has 0 radical (unpaired) electrons. The van der Waals surface area contributed by atoms with Gasteiger partial charge in [0.1, 0.15) is 5.75 Å². The average molecular weight is 522 g/mol. The lowest BCUT2D eigenvalue weighted by Crippen LogP contribution is -2.48. The first-order valence-electron chi connectivity index (χ1n) is 11.9. The third-order valence-electron chi connectivity index (χ3n) is 6.17. The van der Waals surface area contributed by atoms with E-state index in [1.54, 1.807) is 0 Å². The van der Waals surface area contributed by atoms with E-state index in [1.165, 1.54) is 5.56 Å². The summed E-state index contributed by atoms with van der Waals surface area (Å²) in [6.07, 6.45) is 1.91. The van der Waals surface area contributed by atoms with Gasteiger partial charge in [-0.05, 0) is 61.2 Å². The SMILES string of the molecule is CCOc1ccc(CN(C(=O)Nc2cccc(Br)c2)C2CCN(Cc3ccccc3)CC2)cc1. The Morgan fingerprint density at radius 2 is 1.74 bits per heavy atom. The highest BCUT2D eigenvalue weighted by Crippen LogP contribution is 2.24. The Balaban J connectivity index is 1.44. The standard InChI is InChI=1S/C28H32BrN3O2/c1-2-34-27-13-11-23(12-14-27)21-32(28(33)30-25-10-6-9-24(29)19-25)26-15-17-31(18-16-26)20-22-7-4-3-5-8-22/h3-14,19,26H,2,15-18,20-21H2,1H3,(H,30,33). The van der Waals surface area contributed by atoms with Crippen molar-refractivity contribution in [1.82, 2.24) is 9.80 Å². The lowest BCUT2D eigenvalue weighted by Gasteiger charge is -2.38. The second-order valence-electron chi connectivity index (χ2n) is 8.64. The first-order chi connectivity index (χ1) is 16.6. The van der Waals surface area contributed by atoms with E-state index in [0.717, 1.165) is 53.9 Å². The molecule has 1 aliphatic heterocycles. The number of piperidine rings is 1. The summed E-state index contributed by atoms with van der Waals surface area (Å²) >= 11 is 3.49. The molecule has 1 fully saturated rings. The Hall–Kier alpha value is -2.83. The monoisotopic (exact) mass is 521 g/mol. The molecule has 0 unspecified atom stereocenters. The van der Waals surface area contributed by atoms with Crippen molar-refractivity contribution in [2.75, 3.05) is 25.0 Å². The van der Waals surface area contributed by atoms with Gasteiger partial charge in [0, 0.05) is 42.4 Å². The first kappa shape index (κ1) is 24.3. The van der Waals surface area contributed by atoms with Gasteiger partial charge in [0.25, 0.3) is 0 Å². The van der Waals surface area contributed by atoms with E-state index in [9.17, 15) is 4.79 Å². The molecule has 1 saturated heterocycles. The fraction of sp³-hybridized carbons (Fsp3) is 0.321. The summed E-state index contributed by atoms with van der Waals surface area (Å²) < 4.78 is 6.52. The van der Waals surface area contributed by atoms with Gasteiger partial charge in [0.15, 0.2) is 0 Å². The number of hydrogen-bond donors (Lipinski definition) is 1. The van der Waals surface area contributed by atoms with Crippen molar-refractivity contribution in [2.24, 2.45) is 0 Å². The quantitative estimate of drug-likeness (QED) is 0.365. The molecular formula is C28H32BrN3O2. The highest BCUT2D eigenvalue weighted by atomic mass is 79.9. The van der Waals surface area contributed by atoms with Crippen molar-refractivity contribution in [3.05, 3.63) is 94.5 Å². The molecule has 4 rings (SSSR count). The van der Waals surface area contributed by atoms with Gasteiger partial charge < -0.3 is 15.0 Å². The predicted molar refractivity (Wildman–Crippen MR) is 141 cm³/mol. The van der Waals surface area contributed by atoms with Crippen molar-refractivity contribution in [2.45, 2.75) is 38.9 Å². The van der Waals surface area contributed by atoms with Gasteiger partial charge in [-0.1, -0.05) is 64.5 Å². The van der Waals surface area contributed by atoms with Crippen LogP contribution in [0.15, 0.2) is 83.3 Å². The molecule has 0 aliphatic carbocycles. The summed E-state index contributed by atoms with van der Waals surface area (Å²) in [6.45, 7) is 6.09. The molecule has 0 spiro atoms.